The summed E-state index contributed by atoms with van der Waals surface area (Å²) in [6.45, 7) is 1.20. The van der Waals surface area contributed by atoms with Crippen LogP contribution in [0.25, 0.3) is 5.65 Å². The lowest BCUT2D eigenvalue weighted by Crippen LogP contribution is -2.27. The number of amides is 1. The van der Waals surface area contributed by atoms with Gasteiger partial charge in [-0.3, -0.25) is 14.0 Å². The van der Waals surface area contributed by atoms with E-state index in [1.54, 1.807) is 43.6 Å². The summed E-state index contributed by atoms with van der Waals surface area (Å²) in [7, 11) is 1.57. The minimum absolute atomic E-state index is 0.140. The Morgan fingerprint density at radius 2 is 2.11 bits per heavy atom. The van der Waals surface area contributed by atoms with Gasteiger partial charge >= 0.3 is 0 Å². The predicted molar refractivity (Wildman–Crippen MR) is 104 cm³/mol. The topological polar surface area (TPSA) is 84.7 Å². The molecule has 3 aromatic rings. The molecule has 3 rings (SSSR count). The molecule has 0 unspecified atom stereocenters. The van der Waals surface area contributed by atoms with Crippen molar-refractivity contribution < 1.29 is 9.53 Å². The van der Waals surface area contributed by atoms with Crippen molar-refractivity contribution >= 4 is 28.8 Å². The van der Waals surface area contributed by atoms with E-state index in [1.807, 2.05) is 6.07 Å². The molecule has 0 saturated carbocycles. The van der Waals surface area contributed by atoms with Gasteiger partial charge in [-0.2, -0.15) is 0 Å². The Morgan fingerprint density at radius 3 is 2.89 bits per heavy atom. The minimum Gasteiger partial charge on any atom is -0.383 e. The Kier molecular flexibility index (Phi) is 6.05. The van der Waals surface area contributed by atoms with E-state index in [0.717, 1.165) is 5.69 Å². The summed E-state index contributed by atoms with van der Waals surface area (Å²) in [6, 6.07) is 11.9. The monoisotopic (exact) mass is 386 g/mol. The number of anilines is 1. The highest BCUT2D eigenvalue weighted by Crippen LogP contribution is 2.21. The normalized spacial score (nSPS) is 10.7. The molecule has 0 aliphatic carbocycles. The molecule has 0 bridgehead atoms. The largest absolute Gasteiger partial charge is 0.383 e. The third-order valence-electron chi connectivity index (χ3n) is 3.90. The van der Waals surface area contributed by atoms with E-state index < -0.39 is 0 Å². The number of hydrogen-bond acceptors (Lipinski definition) is 5. The van der Waals surface area contributed by atoms with Gasteiger partial charge in [-0.05, 0) is 30.3 Å². The molecule has 2 aromatic heterocycles. The second-order valence-corrected chi connectivity index (χ2v) is 6.22. The zero-order chi connectivity index (χ0) is 19.2. The summed E-state index contributed by atoms with van der Waals surface area (Å²) < 4.78 is 6.38. The zero-order valence-corrected chi connectivity index (χ0v) is 15.5. The van der Waals surface area contributed by atoms with E-state index in [1.165, 1.54) is 10.5 Å². The fraction of sp³-hybridized carbons (Fsp3) is 0.211. The van der Waals surface area contributed by atoms with Crippen LogP contribution in [0.4, 0.5) is 5.69 Å². The van der Waals surface area contributed by atoms with Crippen LogP contribution < -0.4 is 16.2 Å². The van der Waals surface area contributed by atoms with Gasteiger partial charge in [-0.1, -0.05) is 17.7 Å². The van der Waals surface area contributed by atoms with Crippen molar-refractivity contribution in [3.8, 4) is 0 Å². The van der Waals surface area contributed by atoms with Gasteiger partial charge in [0.05, 0.1) is 29.4 Å². The van der Waals surface area contributed by atoms with Crippen LogP contribution in [-0.2, 0) is 11.3 Å². The van der Waals surface area contributed by atoms with Gasteiger partial charge in [0.15, 0.2) is 0 Å². The molecule has 0 saturated heterocycles. The fourth-order valence-electron chi connectivity index (χ4n) is 2.56. The van der Waals surface area contributed by atoms with E-state index >= 15 is 0 Å². The summed E-state index contributed by atoms with van der Waals surface area (Å²) in [5.74, 6) is -0.257. The number of nitrogens with zero attached hydrogens (tertiary/aromatic N) is 2. The molecule has 0 aliphatic heterocycles. The fourth-order valence-corrected chi connectivity index (χ4v) is 2.82. The second-order valence-electron chi connectivity index (χ2n) is 5.81. The molecule has 8 heteroatoms. The van der Waals surface area contributed by atoms with Gasteiger partial charge in [0.2, 0.25) is 0 Å². The van der Waals surface area contributed by atoms with E-state index in [0.29, 0.717) is 41.6 Å². The number of ether oxygens (including phenoxy) is 1. The van der Waals surface area contributed by atoms with Crippen LogP contribution in [0.15, 0.2) is 53.5 Å². The summed E-state index contributed by atoms with van der Waals surface area (Å²) in [5, 5.41) is 6.23. The van der Waals surface area contributed by atoms with Crippen LogP contribution in [-0.4, -0.2) is 35.6 Å². The molecule has 1 amide bonds. The molecule has 2 heterocycles. The van der Waals surface area contributed by atoms with Crippen LogP contribution in [0.3, 0.4) is 0 Å². The number of nitrogens with one attached hydrogen (secondary N) is 2. The Balaban J connectivity index is 1.69. The average molecular weight is 387 g/mol. The Bertz CT molecular complexity index is 1020. The van der Waals surface area contributed by atoms with Crippen molar-refractivity contribution in [3.05, 3.63) is 75.3 Å². The predicted octanol–water partition coefficient (Wildman–Crippen LogP) is 2.34. The molecule has 0 atom stereocenters. The van der Waals surface area contributed by atoms with E-state index in [2.05, 4.69) is 15.6 Å². The summed E-state index contributed by atoms with van der Waals surface area (Å²) in [4.78, 5) is 28.6. The van der Waals surface area contributed by atoms with Gasteiger partial charge < -0.3 is 15.4 Å². The second kappa shape index (κ2) is 8.66. The highest BCUT2D eigenvalue weighted by atomic mass is 35.5. The third-order valence-corrected chi connectivity index (χ3v) is 4.22. The molecule has 0 fully saturated rings. The van der Waals surface area contributed by atoms with Crippen LogP contribution >= 0.6 is 11.6 Å². The lowest BCUT2D eigenvalue weighted by atomic mass is 10.2. The SMILES string of the molecule is COCCNC(=O)c1ccc(NCc2cc(=O)n3ccccc3n2)cc1Cl. The first-order chi connectivity index (χ1) is 13.1. The van der Waals surface area contributed by atoms with Crippen molar-refractivity contribution in [2.24, 2.45) is 0 Å². The molecule has 27 heavy (non-hydrogen) atoms. The number of benzene rings is 1. The molecular weight excluding hydrogens is 368 g/mol. The smallest absolute Gasteiger partial charge is 0.258 e. The molecule has 0 radical (unpaired) electrons. The lowest BCUT2D eigenvalue weighted by molar-refractivity contribution is 0.0937. The highest BCUT2D eigenvalue weighted by molar-refractivity contribution is 6.34. The number of methoxy groups -OCH3 is 1. The Hall–Kier alpha value is -2.90. The van der Waals surface area contributed by atoms with Crippen LogP contribution in [0, 0.1) is 0 Å². The maximum Gasteiger partial charge on any atom is 0.258 e. The third kappa shape index (κ3) is 4.64. The van der Waals surface area contributed by atoms with Gasteiger partial charge in [-0.25, -0.2) is 4.98 Å². The van der Waals surface area contributed by atoms with Crippen molar-refractivity contribution in [3.63, 3.8) is 0 Å². The minimum atomic E-state index is -0.257. The highest BCUT2D eigenvalue weighted by Gasteiger charge is 2.10. The number of aromatic nitrogens is 2. The number of rotatable bonds is 7. The molecule has 0 spiro atoms. The van der Waals surface area contributed by atoms with Crippen LogP contribution in [0.1, 0.15) is 16.1 Å². The number of pyridine rings is 1. The molecule has 7 nitrogen and oxygen atoms in total. The first-order valence-corrected chi connectivity index (χ1v) is 8.74. The standard InChI is InChI=1S/C19H19ClN4O3/c1-27-9-7-21-19(26)15-6-5-13(10-16(15)20)22-12-14-11-18(25)24-8-3-2-4-17(24)23-14/h2-6,8,10-11,22H,7,9,12H2,1H3,(H,21,26). The van der Waals surface area contributed by atoms with Crippen LogP contribution in [0.2, 0.25) is 5.02 Å². The maximum absolute atomic E-state index is 12.1. The molecule has 0 aliphatic rings. The maximum atomic E-state index is 12.1. The summed E-state index contributed by atoms with van der Waals surface area (Å²) in [6.07, 6.45) is 1.68. The number of hydrogen-bond donors (Lipinski definition) is 2. The van der Waals surface area contributed by atoms with Crippen molar-refractivity contribution in [1.82, 2.24) is 14.7 Å². The van der Waals surface area contributed by atoms with Gasteiger partial charge in [0, 0.05) is 31.6 Å². The quantitative estimate of drug-likeness (QED) is 0.609. The van der Waals surface area contributed by atoms with E-state index in [9.17, 15) is 9.59 Å². The molecule has 2 N–H and O–H groups in total. The van der Waals surface area contributed by atoms with E-state index in [-0.39, 0.29) is 11.5 Å². The van der Waals surface area contributed by atoms with Crippen molar-refractivity contribution in [1.29, 1.82) is 0 Å². The van der Waals surface area contributed by atoms with Gasteiger partial charge in [0.1, 0.15) is 5.65 Å². The number of carbonyl (C=O) groups excluding carboxylic acids is 1. The number of fused-ring (bicyclic) bond motifs is 1. The van der Waals surface area contributed by atoms with Gasteiger partial charge in [0.25, 0.3) is 11.5 Å². The number of carbonyl (C=O) groups is 1. The summed E-state index contributed by atoms with van der Waals surface area (Å²) >= 11 is 6.22. The number of halogens is 1. The van der Waals surface area contributed by atoms with Crippen molar-refractivity contribution in [2.75, 3.05) is 25.6 Å². The Labute approximate surface area is 161 Å². The average Bonchev–Trinajstić information content (AvgIpc) is 2.66. The first-order valence-electron chi connectivity index (χ1n) is 8.36. The molecular formula is C19H19ClN4O3. The van der Waals surface area contributed by atoms with E-state index in [4.69, 9.17) is 16.3 Å². The van der Waals surface area contributed by atoms with Crippen LogP contribution in [0.5, 0.6) is 0 Å². The lowest BCUT2D eigenvalue weighted by Gasteiger charge is -2.10. The van der Waals surface area contributed by atoms with Crippen molar-refractivity contribution in [2.45, 2.75) is 6.54 Å². The Morgan fingerprint density at radius 1 is 1.26 bits per heavy atom. The zero-order valence-electron chi connectivity index (χ0n) is 14.7. The molecule has 140 valence electrons. The van der Waals surface area contributed by atoms with Gasteiger partial charge in [-0.15, -0.1) is 0 Å². The molecule has 1 aromatic carbocycles. The first kappa shape index (κ1) is 18.9. The summed E-state index contributed by atoms with van der Waals surface area (Å²) in [5.41, 5.74) is 2.18.